The maximum Gasteiger partial charge on any atom is 0.143 e. The van der Waals surface area contributed by atoms with Gasteiger partial charge in [0.2, 0.25) is 0 Å². The van der Waals surface area contributed by atoms with Crippen LogP contribution in [0.1, 0.15) is 0 Å². The first-order valence-corrected chi connectivity index (χ1v) is 13.5. The van der Waals surface area contributed by atoms with Crippen molar-refractivity contribution in [3.05, 3.63) is 121 Å². The number of fused-ring (bicyclic) bond motifs is 5. The zero-order chi connectivity index (χ0) is 25.2. The number of rotatable bonds is 1. The molecule has 10 rings (SSSR count). The molecule has 0 aliphatic heterocycles. The lowest BCUT2D eigenvalue weighted by Crippen LogP contribution is -1.91. The van der Waals surface area contributed by atoms with Gasteiger partial charge < -0.3 is 4.42 Å². The molecule has 0 N–H and O–H groups in total. The van der Waals surface area contributed by atoms with E-state index in [0.29, 0.717) is 0 Å². The number of hydrogen-bond donors (Lipinski definition) is 0. The van der Waals surface area contributed by atoms with Crippen LogP contribution in [0, 0.1) is 0 Å². The average molecular weight is 493 g/mol. The highest BCUT2D eigenvalue weighted by Gasteiger charge is 2.21. The van der Waals surface area contributed by atoms with E-state index in [0.717, 1.165) is 11.2 Å². The molecule has 39 heavy (non-hydrogen) atoms. The molecule has 0 aliphatic rings. The summed E-state index contributed by atoms with van der Waals surface area (Å²) in [4.78, 5) is 0. The largest absolute Gasteiger partial charge is 0.455 e. The van der Waals surface area contributed by atoms with Crippen LogP contribution in [0.2, 0.25) is 0 Å². The SMILES string of the molecule is c1cc2ccc3ccc(-c4cc5cccc6c7c8ccccc8oc7c7cccc4c7c56)c4ccc(c1)c2c34. The van der Waals surface area contributed by atoms with E-state index in [4.69, 9.17) is 4.42 Å². The van der Waals surface area contributed by atoms with E-state index in [-0.39, 0.29) is 0 Å². The van der Waals surface area contributed by atoms with Crippen molar-refractivity contribution in [2.24, 2.45) is 0 Å². The predicted octanol–water partition coefficient (Wildman–Crippen LogP) is 11.0. The first-order valence-electron chi connectivity index (χ1n) is 13.5. The highest BCUT2D eigenvalue weighted by Crippen LogP contribution is 2.48. The van der Waals surface area contributed by atoms with E-state index in [2.05, 4.69) is 121 Å². The monoisotopic (exact) mass is 492 g/mol. The molecule has 0 saturated carbocycles. The van der Waals surface area contributed by atoms with Crippen molar-refractivity contribution in [1.82, 2.24) is 0 Å². The lowest BCUT2D eigenvalue weighted by Gasteiger charge is -2.18. The highest BCUT2D eigenvalue weighted by atomic mass is 16.3. The normalized spacial score (nSPS) is 12.6. The van der Waals surface area contributed by atoms with E-state index in [9.17, 15) is 0 Å². The fourth-order valence-electron chi connectivity index (χ4n) is 7.34. The Hall–Kier alpha value is -5.14. The van der Waals surface area contributed by atoms with Crippen molar-refractivity contribution in [3.63, 3.8) is 0 Å². The minimum absolute atomic E-state index is 0.941. The quantitative estimate of drug-likeness (QED) is 0.208. The second kappa shape index (κ2) is 6.83. The summed E-state index contributed by atoms with van der Waals surface area (Å²) in [5.41, 5.74) is 4.47. The molecule has 0 radical (unpaired) electrons. The fraction of sp³-hybridized carbons (Fsp3) is 0. The molecule has 178 valence electrons. The third kappa shape index (κ3) is 2.37. The number of furan rings is 1. The molecular formula is C38H20O. The minimum Gasteiger partial charge on any atom is -0.455 e. The first-order chi connectivity index (χ1) is 19.3. The third-order valence-electron chi connectivity index (χ3n) is 8.93. The van der Waals surface area contributed by atoms with Gasteiger partial charge in [-0.05, 0) is 77.1 Å². The Kier molecular flexibility index (Phi) is 3.49. The Morgan fingerprint density at radius 1 is 0.333 bits per heavy atom. The van der Waals surface area contributed by atoms with Crippen LogP contribution in [-0.2, 0) is 0 Å². The van der Waals surface area contributed by atoms with Crippen LogP contribution in [0.3, 0.4) is 0 Å². The first kappa shape index (κ1) is 19.9. The molecule has 0 aliphatic carbocycles. The van der Waals surface area contributed by atoms with Gasteiger partial charge in [-0.3, -0.25) is 0 Å². The van der Waals surface area contributed by atoms with Crippen molar-refractivity contribution in [3.8, 4) is 11.1 Å². The summed E-state index contributed by atoms with van der Waals surface area (Å²) in [7, 11) is 0. The van der Waals surface area contributed by atoms with Gasteiger partial charge in [0.05, 0.1) is 0 Å². The maximum atomic E-state index is 6.56. The molecule has 0 unspecified atom stereocenters. The Labute approximate surface area is 223 Å². The Morgan fingerprint density at radius 2 is 0.949 bits per heavy atom. The van der Waals surface area contributed by atoms with Gasteiger partial charge in [-0.2, -0.15) is 0 Å². The van der Waals surface area contributed by atoms with Gasteiger partial charge in [0.1, 0.15) is 11.2 Å². The zero-order valence-electron chi connectivity index (χ0n) is 21.0. The second-order valence-electron chi connectivity index (χ2n) is 10.8. The van der Waals surface area contributed by atoms with Gasteiger partial charge in [0.15, 0.2) is 0 Å². The fourth-order valence-corrected chi connectivity index (χ4v) is 7.34. The van der Waals surface area contributed by atoms with Gasteiger partial charge in [-0.25, -0.2) is 0 Å². The van der Waals surface area contributed by atoms with E-state index in [1.807, 2.05) is 0 Å². The summed E-state index contributed by atoms with van der Waals surface area (Å²) < 4.78 is 6.56. The number of hydrogen-bond acceptors (Lipinski definition) is 1. The Bertz CT molecular complexity index is 2580. The minimum atomic E-state index is 0.941. The van der Waals surface area contributed by atoms with E-state index in [1.165, 1.54) is 86.5 Å². The molecule has 0 bridgehead atoms. The molecule has 1 aromatic heterocycles. The highest BCUT2D eigenvalue weighted by molar-refractivity contribution is 6.38. The summed E-state index contributed by atoms with van der Waals surface area (Å²) in [6.07, 6.45) is 0. The lowest BCUT2D eigenvalue weighted by atomic mass is 9.85. The van der Waals surface area contributed by atoms with Crippen LogP contribution < -0.4 is 0 Å². The second-order valence-corrected chi connectivity index (χ2v) is 10.8. The standard InChI is InChI=1S/C38H20O/c1-2-13-32-28(9-1)37-29-11-4-8-24-20-31(26-10-5-12-30(38(37)39-32)36(26)35(24)29)25-18-16-23-15-14-21-6-3-7-22-17-19-27(25)34(23)33(21)22/h1-20H. The Morgan fingerprint density at radius 3 is 1.87 bits per heavy atom. The van der Waals surface area contributed by atoms with Gasteiger partial charge in [0, 0.05) is 21.5 Å². The van der Waals surface area contributed by atoms with Gasteiger partial charge >= 0.3 is 0 Å². The number of benzene rings is 9. The van der Waals surface area contributed by atoms with E-state index in [1.54, 1.807) is 0 Å². The Balaban J connectivity index is 1.43. The molecule has 1 heteroatoms. The molecular weight excluding hydrogens is 472 g/mol. The van der Waals surface area contributed by atoms with E-state index >= 15 is 0 Å². The summed E-state index contributed by atoms with van der Waals surface area (Å²) in [5.74, 6) is 0. The van der Waals surface area contributed by atoms with E-state index < -0.39 is 0 Å². The van der Waals surface area contributed by atoms with Crippen LogP contribution in [0.5, 0.6) is 0 Å². The van der Waals surface area contributed by atoms with Crippen molar-refractivity contribution < 1.29 is 4.42 Å². The molecule has 0 amide bonds. The smallest absolute Gasteiger partial charge is 0.143 e. The van der Waals surface area contributed by atoms with Gasteiger partial charge in [-0.1, -0.05) is 109 Å². The summed E-state index contributed by atoms with van der Waals surface area (Å²) >= 11 is 0. The maximum absolute atomic E-state index is 6.56. The van der Waals surface area contributed by atoms with Crippen molar-refractivity contribution in [2.75, 3.05) is 0 Å². The van der Waals surface area contributed by atoms with Gasteiger partial charge in [0.25, 0.3) is 0 Å². The molecule has 0 fully saturated rings. The van der Waals surface area contributed by atoms with Crippen molar-refractivity contribution in [2.45, 2.75) is 0 Å². The van der Waals surface area contributed by atoms with Crippen LogP contribution in [-0.4, -0.2) is 0 Å². The molecule has 9 aromatic carbocycles. The molecule has 1 heterocycles. The molecule has 0 spiro atoms. The van der Waals surface area contributed by atoms with Crippen LogP contribution >= 0.6 is 0 Å². The van der Waals surface area contributed by atoms with Crippen molar-refractivity contribution in [1.29, 1.82) is 0 Å². The molecule has 1 nitrogen and oxygen atoms in total. The van der Waals surface area contributed by atoms with Crippen LogP contribution in [0.25, 0.3) is 97.7 Å². The average Bonchev–Trinajstić information content (AvgIpc) is 3.39. The molecule has 10 aromatic rings. The van der Waals surface area contributed by atoms with Crippen LogP contribution in [0.4, 0.5) is 0 Å². The van der Waals surface area contributed by atoms with Crippen LogP contribution in [0.15, 0.2) is 126 Å². The zero-order valence-corrected chi connectivity index (χ0v) is 21.0. The lowest BCUT2D eigenvalue weighted by molar-refractivity contribution is 0.673. The topological polar surface area (TPSA) is 13.1 Å². The number of para-hydroxylation sites is 1. The summed E-state index contributed by atoms with van der Waals surface area (Å²) in [6.45, 7) is 0. The molecule has 0 saturated heterocycles. The van der Waals surface area contributed by atoms with Crippen molar-refractivity contribution >= 4 is 86.6 Å². The molecule has 0 atom stereocenters. The summed E-state index contributed by atoms with van der Waals surface area (Å²) in [5, 5.41) is 17.9. The predicted molar refractivity (Wildman–Crippen MR) is 167 cm³/mol. The van der Waals surface area contributed by atoms with Gasteiger partial charge in [-0.15, -0.1) is 0 Å². The summed E-state index contributed by atoms with van der Waals surface area (Å²) in [6, 6.07) is 44.6. The third-order valence-corrected chi connectivity index (χ3v) is 8.93.